The number of rotatable bonds is 8. The van der Waals surface area contributed by atoms with Crippen molar-refractivity contribution in [3.63, 3.8) is 0 Å². The zero-order valence-electron chi connectivity index (χ0n) is 11.1. The molecule has 0 heterocycles. The highest BCUT2D eigenvalue weighted by molar-refractivity contribution is 5.43. The van der Waals surface area contributed by atoms with Gasteiger partial charge >= 0.3 is 0 Å². The molecule has 1 aromatic rings. The van der Waals surface area contributed by atoms with E-state index in [4.69, 9.17) is 14.6 Å². The van der Waals surface area contributed by atoms with Crippen LogP contribution in [0.15, 0.2) is 18.2 Å². The van der Waals surface area contributed by atoms with Gasteiger partial charge in [-0.3, -0.25) is 0 Å². The molecule has 4 heteroatoms. The maximum Gasteiger partial charge on any atom is 0.161 e. The molecule has 0 saturated carbocycles. The van der Waals surface area contributed by atoms with Crippen molar-refractivity contribution in [2.45, 2.75) is 32.3 Å². The average Bonchev–Trinajstić information content (AvgIpc) is 2.42. The summed E-state index contributed by atoms with van der Waals surface area (Å²) in [6.45, 7) is 2.50. The smallest absolute Gasteiger partial charge is 0.161 e. The molecule has 4 nitrogen and oxygen atoms in total. The van der Waals surface area contributed by atoms with Gasteiger partial charge in [0.25, 0.3) is 0 Å². The summed E-state index contributed by atoms with van der Waals surface area (Å²) < 4.78 is 10.8. The topological polar surface area (TPSA) is 58.9 Å². The molecule has 1 unspecified atom stereocenters. The van der Waals surface area contributed by atoms with Gasteiger partial charge in [-0.15, -0.1) is 0 Å². The largest absolute Gasteiger partial charge is 0.493 e. The normalized spacial score (nSPS) is 12.2. The first-order chi connectivity index (χ1) is 8.71. The summed E-state index contributed by atoms with van der Waals surface area (Å²) in [6, 6.07) is 5.74. The standard InChI is InChI=1S/C14H22O4/c1-3-8-18-14-9-11(4-6-12(16)10-15)5-7-13(14)17-2/h5,7,9,12,15-16H,3-4,6,8,10H2,1-2H3. The first-order valence-electron chi connectivity index (χ1n) is 6.29. The molecule has 0 aliphatic carbocycles. The molecule has 0 aromatic heterocycles. The minimum absolute atomic E-state index is 0.199. The molecule has 0 bridgehead atoms. The Balaban J connectivity index is 2.69. The summed E-state index contributed by atoms with van der Waals surface area (Å²) >= 11 is 0. The minimum atomic E-state index is -0.660. The third-order valence-electron chi connectivity index (χ3n) is 2.67. The van der Waals surface area contributed by atoms with E-state index in [0.29, 0.717) is 19.4 Å². The van der Waals surface area contributed by atoms with Gasteiger partial charge in [0.2, 0.25) is 0 Å². The van der Waals surface area contributed by atoms with Gasteiger partial charge in [-0.1, -0.05) is 13.0 Å². The summed E-state index contributed by atoms with van der Waals surface area (Å²) in [4.78, 5) is 0. The molecule has 1 rings (SSSR count). The Morgan fingerprint density at radius 3 is 2.67 bits per heavy atom. The second-order valence-corrected chi connectivity index (χ2v) is 4.21. The van der Waals surface area contributed by atoms with Crippen molar-refractivity contribution in [3.05, 3.63) is 23.8 Å². The minimum Gasteiger partial charge on any atom is -0.493 e. The van der Waals surface area contributed by atoms with E-state index in [1.807, 2.05) is 25.1 Å². The molecule has 0 fully saturated rings. The highest BCUT2D eigenvalue weighted by atomic mass is 16.5. The number of hydrogen-bond donors (Lipinski definition) is 2. The lowest BCUT2D eigenvalue weighted by atomic mass is 10.1. The van der Waals surface area contributed by atoms with E-state index in [1.165, 1.54) is 0 Å². The zero-order chi connectivity index (χ0) is 13.4. The van der Waals surface area contributed by atoms with Crippen molar-refractivity contribution < 1.29 is 19.7 Å². The molecular weight excluding hydrogens is 232 g/mol. The van der Waals surface area contributed by atoms with E-state index in [1.54, 1.807) is 7.11 Å². The summed E-state index contributed by atoms with van der Waals surface area (Å²) in [7, 11) is 1.61. The van der Waals surface area contributed by atoms with Crippen molar-refractivity contribution in [1.82, 2.24) is 0 Å². The van der Waals surface area contributed by atoms with Crippen LogP contribution in [-0.2, 0) is 6.42 Å². The van der Waals surface area contributed by atoms with Crippen molar-refractivity contribution in [3.8, 4) is 11.5 Å². The monoisotopic (exact) mass is 254 g/mol. The van der Waals surface area contributed by atoms with Gasteiger partial charge < -0.3 is 19.7 Å². The highest BCUT2D eigenvalue weighted by Gasteiger charge is 2.07. The number of methoxy groups -OCH3 is 1. The molecule has 0 aliphatic rings. The summed E-state index contributed by atoms with van der Waals surface area (Å²) in [5.41, 5.74) is 1.06. The highest BCUT2D eigenvalue weighted by Crippen LogP contribution is 2.28. The predicted molar refractivity (Wildman–Crippen MR) is 70.2 cm³/mol. The molecule has 0 amide bonds. The summed E-state index contributed by atoms with van der Waals surface area (Å²) in [6.07, 6.45) is 1.52. The van der Waals surface area contributed by atoms with Crippen LogP contribution in [0.2, 0.25) is 0 Å². The predicted octanol–water partition coefficient (Wildman–Crippen LogP) is 1.77. The van der Waals surface area contributed by atoms with Crippen LogP contribution in [0.4, 0.5) is 0 Å². The summed E-state index contributed by atoms with van der Waals surface area (Å²) in [5.74, 6) is 1.45. The molecule has 0 aliphatic heterocycles. The number of aliphatic hydroxyl groups is 2. The van der Waals surface area contributed by atoms with Gasteiger partial charge in [-0.2, -0.15) is 0 Å². The van der Waals surface area contributed by atoms with E-state index in [2.05, 4.69) is 0 Å². The Kier molecular flexibility index (Phi) is 6.54. The first kappa shape index (κ1) is 14.8. The Labute approximate surface area is 108 Å². The number of hydrogen-bond acceptors (Lipinski definition) is 4. The lowest BCUT2D eigenvalue weighted by Gasteiger charge is -2.12. The Morgan fingerprint density at radius 1 is 1.28 bits per heavy atom. The molecule has 0 spiro atoms. The zero-order valence-corrected chi connectivity index (χ0v) is 11.1. The molecule has 2 N–H and O–H groups in total. The Bertz CT molecular complexity index is 352. The van der Waals surface area contributed by atoms with Crippen LogP contribution in [0.3, 0.4) is 0 Å². The summed E-state index contributed by atoms with van der Waals surface area (Å²) in [5, 5.41) is 18.1. The number of ether oxygens (including phenoxy) is 2. The average molecular weight is 254 g/mol. The molecule has 0 saturated heterocycles. The second kappa shape index (κ2) is 7.95. The lowest BCUT2D eigenvalue weighted by molar-refractivity contribution is 0.0885. The maximum absolute atomic E-state index is 9.32. The fraction of sp³-hybridized carbons (Fsp3) is 0.571. The van der Waals surface area contributed by atoms with Crippen molar-refractivity contribution >= 4 is 0 Å². The second-order valence-electron chi connectivity index (χ2n) is 4.21. The van der Waals surface area contributed by atoms with Gasteiger partial charge in [0.15, 0.2) is 11.5 Å². The lowest BCUT2D eigenvalue weighted by Crippen LogP contribution is -2.12. The van der Waals surface area contributed by atoms with E-state index >= 15 is 0 Å². The molecule has 1 atom stereocenters. The third-order valence-corrected chi connectivity index (χ3v) is 2.67. The van der Waals surface area contributed by atoms with Crippen molar-refractivity contribution in [1.29, 1.82) is 0 Å². The van der Waals surface area contributed by atoms with Crippen LogP contribution in [0.5, 0.6) is 11.5 Å². The number of aryl methyl sites for hydroxylation is 1. The molecule has 102 valence electrons. The van der Waals surface area contributed by atoms with Crippen LogP contribution in [0.1, 0.15) is 25.3 Å². The molecule has 0 radical (unpaired) electrons. The van der Waals surface area contributed by atoms with Gasteiger partial charge in [-0.05, 0) is 37.0 Å². The third kappa shape index (κ3) is 4.55. The first-order valence-corrected chi connectivity index (χ1v) is 6.29. The van der Waals surface area contributed by atoms with Crippen LogP contribution >= 0.6 is 0 Å². The number of aliphatic hydroxyl groups excluding tert-OH is 2. The van der Waals surface area contributed by atoms with Crippen LogP contribution < -0.4 is 9.47 Å². The van der Waals surface area contributed by atoms with Gasteiger partial charge in [0.1, 0.15) is 0 Å². The molecular formula is C14H22O4. The molecule has 18 heavy (non-hydrogen) atoms. The van der Waals surface area contributed by atoms with Crippen molar-refractivity contribution in [2.24, 2.45) is 0 Å². The quantitative estimate of drug-likeness (QED) is 0.742. The van der Waals surface area contributed by atoms with Gasteiger partial charge in [-0.25, -0.2) is 0 Å². The van der Waals surface area contributed by atoms with Crippen LogP contribution in [0.25, 0.3) is 0 Å². The van der Waals surface area contributed by atoms with E-state index in [-0.39, 0.29) is 6.61 Å². The van der Waals surface area contributed by atoms with Crippen LogP contribution in [-0.4, -0.2) is 36.6 Å². The SMILES string of the molecule is CCCOc1cc(CCC(O)CO)ccc1OC. The fourth-order valence-corrected chi connectivity index (χ4v) is 1.63. The Hall–Kier alpha value is -1.26. The van der Waals surface area contributed by atoms with E-state index in [0.717, 1.165) is 23.5 Å². The number of benzene rings is 1. The van der Waals surface area contributed by atoms with Gasteiger partial charge in [0.05, 0.1) is 26.4 Å². The Morgan fingerprint density at radius 2 is 2.06 bits per heavy atom. The maximum atomic E-state index is 9.32. The fourth-order valence-electron chi connectivity index (χ4n) is 1.63. The van der Waals surface area contributed by atoms with E-state index in [9.17, 15) is 5.11 Å². The van der Waals surface area contributed by atoms with Crippen molar-refractivity contribution in [2.75, 3.05) is 20.3 Å². The van der Waals surface area contributed by atoms with E-state index < -0.39 is 6.10 Å². The van der Waals surface area contributed by atoms with Gasteiger partial charge in [0, 0.05) is 0 Å². The van der Waals surface area contributed by atoms with Crippen LogP contribution in [0, 0.1) is 0 Å². The molecule has 1 aromatic carbocycles.